The zero-order valence-corrected chi connectivity index (χ0v) is 13.7. The molecule has 0 fully saturated rings. The summed E-state index contributed by atoms with van der Waals surface area (Å²) in [6, 6.07) is 9.97. The fraction of sp³-hybridized carbons (Fsp3) is 0.267. The predicted molar refractivity (Wildman–Crippen MR) is 86.8 cm³/mol. The predicted octanol–water partition coefficient (Wildman–Crippen LogP) is 5.04. The van der Waals surface area contributed by atoms with Crippen molar-refractivity contribution in [3.05, 3.63) is 52.1 Å². The molecule has 0 unspecified atom stereocenters. The van der Waals surface area contributed by atoms with Crippen LogP contribution in [0, 0.1) is 0 Å². The number of pyridine rings is 1. The summed E-state index contributed by atoms with van der Waals surface area (Å²) in [4.78, 5) is 5.36. The SMILES string of the molecule is CC(C)NCc1ccc(Sc2cc(Cl)ccc2Cl)nc1. The third kappa shape index (κ3) is 4.67. The first-order valence-corrected chi connectivity index (χ1v) is 7.93. The molecule has 0 radical (unpaired) electrons. The van der Waals surface area contributed by atoms with Gasteiger partial charge in [-0.25, -0.2) is 4.98 Å². The molecule has 0 spiro atoms. The Morgan fingerprint density at radius 1 is 1.20 bits per heavy atom. The van der Waals surface area contributed by atoms with E-state index in [9.17, 15) is 0 Å². The minimum absolute atomic E-state index is 0.467. The Kier molecular flexibility index (Phi) is 5.73. The lowest BCUT2D eigenvalue weighted by Gasteiger charge is -2.08. The molecule has 1 aromatic carbocycles. The van der Waals surface area contributed by atoms with Crippen LogP contribution in [0.2, 0.25) is 10.0 Å². The third-order valence-electron chi connectivity index (χ3n) is 2.62. The second-order valence-electron chi connectivity index (χ2n) is 4.72. The average Bonchev–Trinajstić information content (AvgIpc) is 2.42. The van der Waals surface area contributed by atoms with Gasteiger partial charge in [-0.1, -0.05) is 54.9 Å². The van der Waals surface area contributed by atoms with Crippen molar-refractivity contribution in [2.24, 2.45) is 0 Å². The van der Waals surface area contributed by atoms with Crippen molar-refractivity contribution in [2.45, 2.75) is 36.4 Å². The first-order valence-electron chi connectivity index (χ1n) is 6.36. The number of hydrogen-bond donors (Lipinski definition) is 1. The summed E-state index contributed by atoms with van der Waals surface area (Å²) in [6.07, 6.45) is 1.89. The van der Waals surface area contributed by atoms with Crippen LogP contribution in [-0.4, -0.2) is 11.0 Å². The highest BCUT2D eigenvalue weighted by atomic mass is 35.5. The van der Waals surface area contributed by atoms with E-state index in [4.69, 9.17) is 23.2 Å². The molecule has 1 aromatic heterocycles. The molecule has 0 aliphatic carbocycles. The fourth-order valence-electron chi connectivity index (χ4n) is 1.57. The van der Waals surface area contributed by atoms with Gasteiger partial charge in [0.1, 0.15) is 5.03 Å². The molecule has 0 aliphatic rings. The lowest BCUT2D eigenvalue weighted by Crippen LogP contribution is -2.21. The molecule has 2 rings (SSSR count). The van der Waals surface area contributed by atoms with Crippen molar-refractivity contribution < 1.29 is 0 Å². The zero-order chi connectivity index (χ0) is 14.5. The minimum atomic E-state index is 0.467. The Morgan fingerprint density at radius 3 is 2.65 bits per heavy atom. The molecule has 0 aliphatic heterocycles. The highest BCUT2D eigenvalue weighted by molar-refractivity contribution is 7.99. The highest BCUT2D eigenvalue weighted by Gasteiger charge is 2.05. The topological polar surface area (TPSA) is 24.9 Å². The second-order valence-corrected chi connectivity index (χ2v) is 6.62. The van der Waals surface area contributed by atoms with Gasteiger partial charge in [0.15, 0.2) is 0 Å². The highest BCUT2D eigenvalue weighted by Crippen LogP contribution is 2.34. The number of aromatic nitrogens is 1. The number of rotatable bonds is 5. The largest absolute Gasteiger partial charge is 0.310 e. The summed E-state index contributed by atoms with van der Waals surface area (Å²) >= 11 is 13.6. The summed E-state index contributed by atoms with van der Waals surface area (Å²) in [7, 11) is 0. The molecule has 0 saturated heterocycles. The van der Waals surface area contributed by atoms with Crippen molar-refractivity contribution in [1.82, 2.24) is 10.3 Å². The van der Waals surface area contributed by atoms with Crippen molar-refractivity contribution in [3.63, 3.8) is 0 Å². The van der Waals surface area contributed by atoms with Crippen LogP contribution in [0.1, 0.15) is 19.4 Å². The molecule has 1 N–H and O–H groups in total. The molecular weight excluding hydrogens is 311 g/mol. The van der Waals surface area contributed by atoms with Crippen molar-refractivity contribution in [1.29, 1.82) is 0 Å². The Bertz CT molecular complexity index is 571. The third-order valence-corrected chi connectivity index (χ3v) is 4.30. The van der Waals surface area contributed by atoms with Gasteiger partial charge in [-0.05, 0) is 29.8 Å². The number of nitrogens with zero attached hydrogens (tertiary/aromatic N) is 1. The maximum Gasteiger partial charge on any atom is 0.101 e. The molecule has 2 nitrogen and oxygen atoms in total. The lowest BCUT2D eigenvalue weighted by molar-refractivity contribution is 0.587. The van der Waals surface area contributed by atoms with Crippen LogP contribution in [0.5, 0.6) is 0 Å². The molecule has 0 amide bonds. The number of nitrogens with one attached hydrogen (secondary N) is 1. The van der Waals surface area contributed by atoms with Gasteiger partial charge in [-0.2, -0.15) is 0 Å². The number of hydrogen-bond acceptors (Lipinski definition) is 3. The first-order chi connectivity index (χ1) is 9.54. The summed E-state index contributed by atoms with van der Waals surface area (Å²) in [5.74, 6) is 0. The molecule has 106 valence electrons. The van der Waals surface area contributed by atoms with E-state index in [1.165, 1.54) is 17.3 Å². The zero-order valence-electron chi connectivity index (χ0n) is 11.4. The van der Waals surface area contributed by atoms with E-state index in [1.54, 1.807) is 12.1 Å². The quantitative estimate of drug-likeness (QED) is 0.833. The summed E-state index contributed by atoms with van der Waals surface area (Å²) < 4.78 is 0. The fourth-order valence-corrected chi connectivity index (χ4v) is 2.85. The van der Waals surface area contributed by atoms with Gasteiger partial charge in [0.25, 0.3) is 0 Å². The molecular formula is C15H16Cl2N2S. The molecule has 5 heteroatoms. The Balaban J connectivity index is 2.05. The van der Waals surface area contributed by atoms with Gasteiger partial charge in [-0.3, -0.25) is 0 Å². The van der Waals surface area contributed by atoms with E-state index in [0.29, 0.717) is 16.1 Å². The van der Waals surface area contributed by atoms with Crippen LogP contribution in [0.3, 0.4) is 0 Å². The first kappa shape index (κ1) is 15.6. The summed E-state index contributed by atoms with van der Waals surface area (Å²) in [5, 5.41) is 5.63. The van der Waals surface area contributed by atoms with Crippen LogP contribution in [-0.2, 0) is 6.54 Å². The second kappa shape index (κ2) is 7.32. The van der Waals surface area contributed by atoms with Gasteiger partial charge in [0, 0.05) is 28.7 Å². The van der Waals surface area contributed by atoms with Crippen LogP contribution >= 0.6 is 35.0 Å². The Labute approximate surface area is 133 Å². The standard InChI is InChI=1S/C15H16Cl2N2S/c1-10(2)18-8-11-3-6-15(19-9-11)20-14-7-12(16)4-5-13(14)17/h3-7,9-10,18H,8H2,1-2H3. The summed E-state index contributed by atoms with van der Waals surface area (Å²) in [5.41, 5.74) is 1.17. The Morgan fingerprint density at radius 2 is 2.00 bits per heavy atom. The van der Waals surface area contributed by atoms with Gasteiger partial charge < -0.3 is 5.32 Å². The van der Waals surface area contributed by atoms with Crippen molar-refractivity contribution in [3.8, 4) is 0 Å². The van der Waals surface area contributed by atoms with Crippen molar-refractivity contribution >= 4 is 35.0 Å². The van der Waals surface area contributed by atoms with E-state index in [-0.39, 0.29) is 0 Å². The Hall–Kier alpha value is -0.740. The van der Waals surface area contributed by atoms with Gasteiger partial charge in [0.05, 0.1) is 5.02 Å². The molecule has 0 atom stereocenters. The van der Waals surface area contributed by atoms with Crippen LogP contribution in [0.15, 0.2) is 46.5 Å². The van der Waals surface area contributed by atoms with Crippen LogP contribution in [0.4, 0.5) is 0 Å². The lowest BCUT2D eigenvalue weighted by atomic mass is 10.2. The van der Waals surface area contributed by atoms with Crippen LogP contribution < -0.4 is 5.32 Å². The van der Waals surface area contributed by atoms with E-state index in [1.807, 2.05) is 18.3 Å². The van der Waals surface area contributed by atoms with E-state index in [0.717, 1.165) is 16.5 Å². The monoisotopic (exact) mass is 326 g/mol. The van der Waals surface area contributed by atoms with E-state index in [2.05, 4.69) is 30.2 Å². The molecule has 1 heterocycles. The smallest absolute Gasteiger partial charge is 0.101 e. The molecule has 0 saturated carbocycles. The minimum Gasteiger partial charge on any atom is -0.310 e. The number of benzene rings is 1. The maximum atomic E-state index is 6.14. The normalized spacial score (nSPS) is 11.1. The van der Waals surface area contributed by atoms with E-state index < -0.39 is 0 Å². The maximum absolute atomic E-state index is 6.14. The van der Waals surface area contributed by atoms with Gasteiger partial charge >= 0.3 is 0 Å². The van der Waals surface area contributed by atoms with Gasteiger partial charge in [0.2, 0.25) is 0 Å². The average molecular weight is 327 g/mol. The molecule has 2 aromatic rings. The summed E-state index contributed by atoms with van der Waals surface area (Å²) in [6.45, 7) is 5.07. The number of halogens is 2. The molecule has 20 heavy (non-hydrogen) atoms. The van der Waals surface area contributed by atoms with Crippen molar-refractivity contribution in [2.75, 3.05) is 0 Å². The van der Waals surface area contributed by atoms with Crippen LogP contribution in [0.25, 0.3) is 0 Å². The van der Waals surface area contributed by atoms with E-state index >= 15 is 0 Å². The molecule has 0 bridgehead atoms. The van der Waals surface area contributed by atoms with Gasteiger partial charge in [-0.15, -0.1) is 0 Å².